The maximum Gasteiger partial charge on any atom is 0.200 e. The fourth-order valence-electron chi connectivity index (χ4n) is 3.47. The van der Waals surface area contributed by atoms with Gasteiger partial charge in [-0.2, -0.15) is 0 Å². The average Bonchev–Trinajstić information content (AvgIpc) is 3.11. The molecule has 0 aromatic heterocycles. The highest BCUT2D eigenvalue weighted by atomic mass is 19.2. The Labute approximate surface area is 145 Å². The van der Waals surface area contributed by atoms with Crippen molar-refractivity contribution in [3.8, 4) is 0 Å². The minimum Gasteiger partial charge on any atom is -0.203 e. The Balaban J connectivity index is 2.03. The van der Waals surface area contributed by atoms with E-state index in [1.54, 1.807) is 0 Å². The lowest BCUT2D eigenvalue weighted by atomic mass is 9.91. The Morgan fingerprint density at radius 1 is 0.370 bits per heavy atom. The molecule has 0 radical (unpaired) electrons. The van der Waals surface area contributed by atoms with E-state index in [0.29, 0.717) is 0 Å². The topological polar surface area (TPSA) is 0 Å². The normalized spacial score (nSPS) is 19.8. The van der Waals surface area contributed by atoms with Crippen molar-refractivity contribution in [1.29, 1.82) is 0 Å². The standard InChI is InChI=1S/C17H8F10/c18-8-6(9(19)13(23)16(26)12(8)22)4-1-2-5(3-4)7-10(20)14(24)17(27)15(25)11(7)21/h4-5H,1-3H2. The van der Waals surface area contributed by atoms with Crippen LogP contribution in [-0.2, 0) is 0 Å². The third kappa shape index (κ3) is 2.85. The van der Waals surface area contributed by atoms with Crippen LogP contribution in [0.3, 0.4) is 0 Å². The van der Waals surface area contributed by atoms with Crippen LogP contribution in [0.1, 0.15) is 42.2 Å². The van der Waals surface area contributed by atoms with Crippen molar-refractivity contribution in [3.63, 3.8) is 0 Å². The molecule has 0 spiro atoms. The van der Waals surface area contributed by atoms with Gasteiger partial charge < -0.3 is 0 Å². The molecule has 1 fully saturated rings. The summed E-state index contributed by atoms with van der Waals surface area (Å²) >= 11 is 0. The molecule has 0 saturated heterocycles. The van der Waals surface area contributed by atoms with E-state index in [2.05, 4.69) is 0 Å². The summed E-state index contributed by atoms with van der Waals surface area (Å²) < 4.78 is 135. The van der Waals surface area contributed by atoms with Crippen LogP contribution in [0, 0.1) is 58.2 Å². The van der Waals surface area contributed by atoms with Crippen molar-refractivity contribution in [2.75, 3.05) is 0 Å². The molecule has 0 amide bonds. The highest BCUT2D eigenvalue weighted by Crippen LogP contribution is 2.47. The van der Waals surface area contributed by atoms with Gasteiger partial charge in [-0.15, -0.1) is 0 Å². The van der Waals surface area contributed by atoms with E-state index < -0.39 is 87.6 Å². The molecule has 0 heterocycles. The summed E-state index contributed by atoms with van der Waals surface area (Å²) in [5.41, 5.74) is -2.34. The van der Waals surface area contributed by atoms with Crippen LogP contribution in [0.2, 0.25) is 0 Å². The summed E-state index contributed by atoms with van der Waals surface area (Å²) in [5, 5.41) is 0. The molecule has 1 aliphatic carbocycles. The van der Waals surface area contributed by atoms with Crippen molar-refractivity contribution in [3.05, 3.63) is 69.3 Å². The Kier molecular flexibility index (Phi) is 4.85. The van der Waals surface area contributed by atoms with Gasteiger partial charge in [-0.3, -0.25) is 0 Å². The zero-order valence-corrected chi connectivity index (χ0v) is 13.1. The van der Waals surface area contributed by atoms with E-state index in [9.17, 15) is 43.9 Å². The predicted octanol–water partition coefficient (Wildman–Crippen LogP) is 6.13. The Hall–Kier alpha value is -2.26. The Morgan fingerprint density at radius 2 is 0.593 bits per heavy atom. The van der Waals surface area contributed by atoms with E-state index in [1.165, 1.54) is 0 Å². The highest BCUT2D eigenvalue weighted by molar-refractivity contribution is 5.32. The van der Waals surface area contributed by atoms with Gasteiger partial charge in [0, 0.05) is 11.1 Å². The summed E-state index contributed by atoms with van der Waals surface area (Å²) in [4.78, 5) is 0. The van der Waals surface area contributed by atoms with Crippen molar-refractivity contribution in [1.82, 2.24) is 0 Å². The molecule has 0 N–H and O–H groups in total. The summed E-state index contributed by atoms with van der Waals surface area (Å²) in [6, 6.07) is 0. The van der Waals surface area contributed by atoms with Crippen LogP contribution in [0.25, 0.3) is 0 Å². The van der Waals surface area contributed by atoms with Crippen molar-refractivity contribution in [2.45, 2.75) is 31.1 Å². The maximum atomic E-state index is 13.9. The second-order valence-corrected chi connectivity index (χ2v) is 6.17. The molecule has 27 heavy (non-hydrogen) atoms. The number of hydrogen-bond donors (Lipinski definition) is 0. The van der Waals surface area contributed by atoms with Crippen molar-refractivity contribution in [2.24, 2.45) is 0 Å². The molecular weight excluding hydrogens is 394 g/mol. The minimum atomic E-state index is -2.36. The van der Waals surface area contributed by atoms with E-state index in [4.69, 9.17) is 0 Å². The third-order valence-electron chi connectivity index (χ3n) is 4.74. The fourth-order valence-corrected chi connectivity index (χ4v) is 3.47. The molecule has 1 saturated carbocycles. The monoisotopic (exact) mass is 402 g/mol. The highest BCUT2D eigenvalue weighted by Gasteiger charge is 2.39. The Bertz CT molecular complexity index is 803. The SMILES string of the molecule is Fc1c(F)c(F)c(C2CCC(c3c(F)c(F)c(F)c(F)c3F)C2)c(F)c1F. The number of hydrogen-bond acceptors (Lipinski definition) is 0. The van der Waals surface area contributed by atoms with Crippen LogP contribution < -0.4 is 0 Å². The summed E-state index contributed by atoms with van der Waals surface area (Å²) in [5.74, 6) is -24.5. The lowest BCUT2D eigenvalue weighted by Gasteiger charge is -2.16. The molecule has 10 heteroatoms. The molecular formula is C17H8F10. The van der Waals surface area contributed by atoms with Gasteiger partial charge >= 0.3 is 0 Å². The van der Waals surface area contributed by atoms with Crippen LogP contribution in [0.4, 0.5) is 43.9 Å². The first-order valence-corrected chi connectivity index (χ1v) is 7.60. The lowest BCUT2D eigenvalue weighted by molar-refractivity contribution is 0.359. The smallest absolute Gasteiger partial charge is 0.200 e. The first kappa shape index (κ1) is 19.5. The van der Waals surface area contributed by atoms with Crippen LogP contribution in [0.15, 0.2) is 0 Å². The molecule has 2 aromatic carbocycles. The number of benzene rings is 2. The molecule has 1 aliphatic rings. The average molecular weight is 402 g/mol. The van der Waals surface area contributed by atoms with Gasteiger partial charge in [0.1, 0.15) is 0 Å². The van der Waals surface area contributed by atoms with E-state index in [1.807, 2.05) is 0 Å². The second kappa shape index (κ2) is 6.72. The fraction of sp³-hybridized carbons (Fsp3) is 0.294. The maximum absolute atomic E-state index is 13.9. The van der Waals surface area contributed by atoms with Gasteiger partial charge in [-0.1, -0.05) is 0 Å². The van der Waals surface area contributed by atoms with Gasteiger partial charge in [0.15, 0.2) is 46.5 Å². The summed E-state index contributed by atoms with van der Waals surface area (Å²) in [7, 11) is 0. The number of halogens is 10. The lowest BCUT2D eigenvalue weighted by Crippen LogP contribution is -2.12. The molecule has 0 nitrogen and oxygen atoms in total. The molecule has 3 rings (SSSR count). The van der Waals surface area contributed by atoms with Gasteiger partial charge in [-0.05, 0) is 31.1 Å². The Morgan fingerprint density at radius 3 is 0.852 bits per heavy atom. The molecule has 2 atom stereocenters. The second-order valence-electron chi connectivity index (χ2n) is 6.17. The quantitative estimate of drug-likeness (QED) is 0.322. The first-order valence-electron chi connectivity index (χ1n) is 7.60. The van der Waals surface area contributed by atoms with Crippen LogP contribution >= 0.6 is 0 Å². The number of rotatable bonds is 2. The largest absolute Gasteiger partial charge is 0.203 e. The van der Waals surface area contributed by atoms with Crippen molar-refractivity contribution >= 4 is 0 Å². The predicted molar refractivity (Wildman–Crippen MR) is 71.8 cm³/mol. The van der Waals surface area contributed by atoms with Crippen molar-refractivity contribution < 1.29 is 43.9 Å². The first-order chi connectivity index (χ1) is 12.6. The zero-order chi connectivity index (χ0) is 20.2. The molecule has 0 bridgehead atoms. The van der Waals surface area contributed by atoms with Gasteiger partial charge in [0.25, 0.3) is 0 Å². The molecule has 2 unspecified atom stereocenters. The summed E-state index contributed by atoms with van der Waals surface area (Å²) in [6.45, 7) is 0. The van der Waals surface area contributed by atoms with Gasteiger partial charge in [0.2, 0.25) is 11.6 Å². The summed E-state index contributed by atoms with van der Waals surface area (Å²) in [6.07, 6.45) is -1.11. The van der Waals surface area contributed by atoms with E-state index >= 15 is 0 Å². The van der Waals surface area contributed by atoms with E-state index in [0.717, 1.165) is 0 Å². The molecule has 0 aliphatic heterocycles. The molecule has 2 aromatic rings. The molecule has 146 valence electrons. The zero-order valence-electron chi connectivity index (χ0n) is 13.1. The van der Waals surface area contributed by atoms with Crippen LogP contribution in [0.5, 0.6) is 0 Å². The van der Waals surface area contributed by atoms with E-state index in [-0.39, 0.29) is 12.8 Å². The van der Waals surface area contributed by atoms with Crippen LogP contribution in [-0.4, -0.2) is 0 Å². The van der Waals surface area contributed by atoms with Gasteiger partial charge in [0.05, 0.1) is 0 Å². The third-order valence-corrected chi connectivity index (χ3v) is 4.74. The minimum absolute atomic E-state index is 0.275. The van der Waals surface area contributed by atoms with Gasteiger partial charge in [-0.25, -0.2) is 43.9 Å².